The quantitative estimate of drug-likeness (QED) is 0.757. The van der Waals surface area contributed by atoms with Gasteiger partial charge in [0.1, 0.15) is 0 Å². The number of nitrogens with zero attached hydrogens (tertiary/aromatic N) is 1. The van der Waals surface area contributed by atoms with E-state index in [-0.39, 0.29) is 11.9 Å². The van der Waals surface area contributed by atoms with Gasteiger partial charge in [0.2, 0.25) is 0 Å². The Hall–Kier alpha value is -1.49. The topological polar surface area (TPSA) is 68.0 Å². The monoisotopic (exact) mass is 237 g/mol. The van der Waals surface area contributed by atoms with Crippen molar-refractivity contribution in [3.05, 3.63) is 30.1 Å². The number of nitrogens with one attached hydrogen (secondary N) is 1. The standard InChI is InChI=1S/C11H15N3OS/c1-2-9(6-10(12)16)14-11(15)8-4-3-5-13-7-8/h3-5,7,9H,2,6H2,1H3,(H2,12,16)(H,14,15). The molecule has 0 radical (unpaired) electrons. The lowest BCUT2D eigenvalue weighted by Crippen LogP contribution is -2.37. The first-order valence-corrected chi connectivity index (χ1v) is 5.53. The Morgan fingerprint density at radius 2 is 2.44 bits per heavy atom. The second-order valence-corrected chi connectivity index (χ2v) is 4.02. The van der Waals surface area contributed by atoms with E-state index in [0.29, 0.717) is 17.0 Å². The van der Waals surface area contributed by atoms with Gasteiger partial charge in [-0.2, -0.15) is 0 Å². The number of hydrogen-bond donors (Lipinski definition) is 2. The molecule has 0 saturated heterocycles. The second-order valence-electron chi connectivity index (χ2n) is 3.49. The molecule has 86 valence electrons. The molecule has 0 spiro atoms. The van der Waals surface area contributed by atoms with Crippen molar-refractivity contribution in [2.75, 3.05) is 0 Å². The van der Waals surface area contributed by atoms with Gasteiger partial charge in [-0.15, -0.1) is 0 Å². The van der Waals surface area contributed by atoms with Crippen LogP contribution in [0.3, 0.4) is 0 Å². The third kappa shape index (κ3) is 3.94. The van der Waals surface area contributed by atoms with Crippen molar-refractivity contribution in [1.29, 1.82) is 0 Å². The van der Waals surface area contributed by atoms with Crippen LogP contribution in [0.1, 0.15) is 30.1 Å². The van der Waals surface area contributed by atoms with E-state index in [0.717, 1.165) is 6.42 Å². The van der Waals surface area contributed by atoms with Crippen LogP contribution in [0.5, 0.6) is 0 Å². The number of nitrogens with two attached hydrogens (primary N) is 1. The highest BCUT2D eigenvalue weighted by Gasteiger charge is 2.12. The van der Waals surface area contributed by atoms with Crippen molar-refractivity contribution in [2.45, 2.75) is 25.8 Å². The summed E-state index contributed by atoms with van der Waals surface area (Å²) in [5.41, 5.74) is 6.00. The summed E-state index contributed by atoms with van der Waals surface area (Å²) in [7, 11) is 0. The van der Waals surface area contributed by atoms with Gasteiger partial charge in [-0.05, 0) is 18.6 Å². The third-order valence-electron chi connectivity index (χ3n) is 2.20. The van der Waals surface area contributed by atoms with Crippen LogP contribution in [-0.4, -0.2) is 21.9 Å². The summed E-state index contributed by atoms with van der Waals surface area (Å²) in [5.74, 6) is -0.142. The fourth-order valence-electron chi connectivity index (χ4n) is 1.31. The van der Waals surface area contributed by atoms with Crippen LogP contribution >= 0.6 is 12.2 Å². The molecule has 0 aromatic carbocycles. The first-order valence-electron chi connectivity index (χ1n) is 5.12. The molecule has 0 aliphatic carbocycles. The van der Waals surface area contributed by atoms with E-state index < -0.39 is 0 Å². The molecule has 1 rings (SSSR count). The number of carbonyl (C=O) groups excluding carboxylic acids is 1. The highest BCUT2D eigenvalue weighted by molar-refractivity contribution is 7.80. The lowest BCUT2D eigenvalue weighted by molar-refractivity contribution is 0.0937. The van der Waals surface area contributed by atoms with Gasteiger partial charge in [-0.1, -0.05) is 19.1 Å². The molecular formula is C11H15N3OS. The molecule has 1 aromatic rings. The third-order valence-corrected chi connectivity index (χ3v) is 2.37. The summed E-state index contributed by atoms with van der Waals surface area (Å²) in [4.78, 5) is 16.1. The van der Waals surface area contributed by atoms with Crippen molar-refractivity contribution in [3.8, 4) is 0 Å². The average Bonchev–Trinajstić information content (AvgIpc) is 2.28. The van der Waals surface area contributed by atoms with Crippen molar-refractivity contribution in [2.24, 2.45) is 5.73 Å². The van der Waals surface area contributed by atoms with Gasteiger partial charge in [0, 0.05) is 24.9 Å². The van der Waals surface area contributed by atoms with Gasteiger partial charge in [0.15, 0.2) is 0 Å². The lowest BCUT2D eigenvalue weighted by atomic mass is 10.1. The molecular weight excluding hydrogens is 222 g/mol. The Bertz CT molecular complexity index is 367. The minimum Gasteiger partial charge on any atom is -0.393 e. The van der Waals surface area contributed by atoms with E-state index in [2.05, 4.69) is 10.3 Å². The van der Waals surface area contributed by atoms with Crippen molar-refractivity contribution in [3.63, 3.8) is 0 Å². The molecule has 1 amide bonds. The normalized spacial score (nSPS) is 11.8. The van der Waals surface area contributed by atoms with E-state index in [1.165, 1.54) is 6.20 Å². The Balaban J connectivity index is 2.59. The minimum atomic E-state index is -0.142. The highest BCUT2D eigenvalue weighted by atomic mass is 32.1. The minimum absolute atomic E-state index is 0.00907. The molecule has 0 bridgehead atoms. The molecule has 1 aromatic heterocycles. The smallest absolute Gasteiger partial charge is 0.253 e. The first-order chi connectivity index (χ1) is 7.63. The van der Waals surface area contributed by atoms with E-state index in [4.69, 9.17) is 18.0 Å². The lowest BCUT2D eigenvalue weighted by Gasteiger charge is -2.15. The van der Waals surface area contributed by atoms with Crippen LogP contribution in [0.4, 0.5) is 0 Å². The molecule has 0 aliphatic heterocycles. The number of aromatic nitrogens is 1. The zero-order valence-corrected chi connectivity index (χ0v) is 9.96. The fraction of sp³-hybridized carbons (Fsp3) is 0.364. The molecule has 0 fully saturated rings. The van der Waals surface area contributed by atoms with Crippen LogP contribution in [0, 0.1) is 0 Å². The van der Waals surface area contributed by atoms with E-state index >= 15 is 0 Å². The largest absolute Gasteiger partial charge is 0.393 e. The summed E-state index contributed by atoms with van der Waals surface area (Å²) < 4.78 is 0. The van der Waals surface area contributed by atoms with Gasteiger partial charge in [-0.3, -0.25) is 9.78 Å². The first kappa shape index (κ1) is 12.6. The molecule has 16 heavy (non-hydrogen) atoms. The molecule has 0 aliphatic rings. The Kier molecular flexibility index (Phi) is 4.85. The van der Waals surface area contributed by atoms with Crippen LogP contribution in [0.2, 0.25) is 0 Å². The maximum absolute atomic E-state index is 11.8. The molecule has 0 saturated carbocycles. The highest BCUT2D eigenvalue weighted by Crippen LogP contribution is 2.01. The predicted molar refractivity (Wildman–Crippen MR) is 67.2 cm³/mol. The van der Waals surface area contributed by atoms with Gasteiger partial charge in [-0.25, -0.2) is 0 Å². The zero-order chi connectivity index (χ0) is 12.0. The summed E-state index contributed by atoms with van der Waals surface area (Å²) >= 11 is 4.82. The molecule has 1 atom stereocenters. The van der Waals surface area contributed by atoms with Crippen LogP contribution in [0.25, 0.3) is 0 Å². The number of amides is 1. The fourth-order valence-corrected chi connectivity index (χ4v) is 1.51. The maximum Gasteiger partial charge on any atom is 0.253 e. The molecule has 5 heteroatoms. The van der Waals surface area contributed by atoms with Gasteiger partial charge in [0.25, 0.3) is 5.91 Å². The van der Waals surface area contributed by atoms with Crippen LogP contribution < -0.4 is 11.1 Å². The molecule has 1 unspecified atom stereocenters. The number of rotatable bonds is 5. The van der Waals surface area contributed by atoms with E-state index in [1.54, 1.807) is 18.3 Å². The SMILES string of the molecule is CCC(CC(N)=S)NC(=O)c1cccnc1. The number of pyridine rings is 1. The number of carbonyl (C=O) groups is 1. The van der Waals surface area contributed by atoms with Crippen LogP contribution in [-0.2, 0) is 0 Å². The molecule has 1 heterocycles. The molecule has 3 N–H and O–H groups in total. The second kappa shape index (κ2) is 6.17. The van der Waals surface area contributed by atoms with E-state index in [9.17, 15) is 4.79 Å². The number of thiocarbonyl (C=S) groups is 1. The summed E-state index contributed by atoms with van der Waals surface area (Å²) in [6.07, 6.45) is 4.48. The zero-order valence-electron chi connectivity index (χ0n) is 9.14. The number of hydrogen-bond acceptors (Lipinski definition) is 3. The maximum atomic E-state index is 11.8. The Morgan fingerprint density at radius 1 is 1.69 bits per heavy atom. The van der Waals surface area contributed by atoms with Gasteiger partial charge < -0.3 is 11.1 Å². The average molecular weight is 237 g/mol. The predicted octanol–water partition coefficient (Wildman–Crippen LogP) is 1.27. The van der Waals surface area contributed by atoms with Crippen molar-refractivity contribution < 1.29 is 4.79 Å². The van der Waals surface area contributed by atoms with E-state index in [1.807, 2.05) is 6.92 Å². The Labute approximate surface area is 100 Å². The summed E-state index contributed by atoms with van der Waals surface area (Å²) in [6, 6.07) is 3.43. The summed E-state index contributed by atoms with van der Waals surface area (Å²) in [5, 5.41) is 2.87. The van der Waals surface area contributed by atoms with Crippen molar-refractivity contribution in [1.82, 2.24) is 10.3 Å². The van der Waals surface area contributed by atoms with Crippen LogP contribution in [0.15, 0.2) is 24.5 Å². The van der Waals surface area contributed by atoms with Gasteiger partial charge in [0.05, 0.1) is 10.6 Å². The van der Waals surface area contributed by atoms with Crippen molar-refractivity contribution >= 4 is 23.1 Å². The Morgan fingerprint density at radius 3 is 2.94 bits per heavy atom. The van der Waals surface area contributed by atoms with Gasteiger partial charge >= 0.3 is 0 Å². The molecule has 4 nitrogen and oxygen atoms in total. The summed E-state index contributed by atoms with van der Waals surface area (Å²) in [6.45, 7) is 1.98.